The normalized spacial score (nSPS) is 10.8. The maximum Gasteiger partial charge on any atom is 0.240 e. The average Bonchev–Trinajstić information content (AvgIpc) is 2.99. The minimum atomic E-state index is -0.0823. The standard InChI is InChI=1S/C19H21N3O3/c1-24-12-11-20-19(23)13-22-17-10-6-5-9-16(17)21-18(22)14-25-15-7-3-2-4-8-15/h2-10H,11-14H2,1H3,(H,20,23). The lowest BCUT2D eigenvalue weighted by Crippen LogP contribution is -2.31. The van der Waals surface area contributed by atoms with Gasteiger partial charge in [0.05, 0.1) is 17.6 Å². The molecule has 1 amide bonds. The van der Waals surface area contributed by atoms with Crippen molar-refractivity contribution in [1.82, 2.24) is 14.9 Å². The molecule has 0 spiro atoms. The quantitative estimate of drug-likeness (QED) is 0.640. The summed E-state index contributed by atoms with van der Waals surface area (Å²) in [7, 11) is 1.61. The number of nitrogens with one attached hydrogen (secondary N) is 1. The lowest BCUT2D eigenvalue weighted by atomic mass is 10.3. The minimum Gasteiger partial charge on any atom is -0.486 e. The van der Waals surface area contributed by atoms with Gasteiger partial charge < -0.3 is 19.4 Å². The smallest absolute Gasteiger partial charge is 0.240 e. The zero-order valence-corrected chi connectivity index (χ0v) is 14.1. The van der Waals surface area contributed by atoms with Crippen LogP contribution in [0.2, 0.25) is 0 Å². The second-order valence-electron chi connectivity index (χ2n) is 5.55. The number of carbonyl (C=O) groups is 1. The van der Waals surface area contributed by atoms with Crippen LogP contribution in [0.25, 0.3) is 11.0 Å². The highest BCUT2D eigenvalue weighted by Gasteiger charge is 2.14. The summed E-state index contributed by atoms with van der Waals surface area (Å²) in [5.74, 6) is 1.40. The molecule has 0 saturated heterocycles. The molecule has 0 atom stereocenters. The Morgan fingerprint density at radius 3 is 2.68 bits per heavy atom. The third-order valence-corrected chi connectivity index (χ3v) is 3.77. The Hall–Kier alpha value is -2.86. The number of rotatable bonds is 8. The van der Waals surface area contributed by atoms with Gasteiger partial charge in [-0.05, 0) is 24.3 Å². The monoisotopic (exact) mass is 339 g/mol. The molecule has 0 radical (unpaired) electrons. The largest absolute Gasteiger partial charge is 0.486 e. The zero-order valence-electron chi connectivity index (χ0n) is 14.1. The fraction of sp³-hybridized carbons (Fsp3) is 0.263. The van der Waals surface area contributed by atoms with Gasteiger partial charge in [-0.2, -0.15) is 0 Å². The van der Waals surface area contributed by atoms with Gasteiger partial charge in [0.1, 0.15) is 24.7 Å². The third kappa shape index (κ3) is 4.36. The molecule has 0 aliphatic rings. The molecule has 1 heterocycles. The van der Waals surface area contributed by atoms with Crippen LogP contribution in [0, 0.1) is 0 Å². The first-order valence-electron chi connectivity index (χ1n) is 8.15. The van der Waals surface area contributed by atoms with Crippen LogP contribution in [-0.4, -0.2) is 35.7 Å². The van der Waals surface area contributed by atoms with E-state index in [2.05, 4.69) is 10.3 Å². The van der Waals surface area contributed by atoms with Gasteiger partial charge in [-0.25, -0.2) is 4.98 Å². The van der Waals surface area contributed by atoms with Crippen molar-refractivity contribution < 1.29 is 14.3 Å². The van der Waals surface area contributed by atoms with Crippen molar-refractivity contribution in [3.05, 3.63) is 60.4 Å². The molecule has 0 unspecified atom stereocenters. The second kappa shape index (κ2) is 8.30. The summed E-state index contributed by atoms with van der Waals surface area (Å²) >= 11 is 0. The average molecular weight is 339 g/mol. The predicted octanol–water partition coefficient (Wildman–Crippen LogP) is 2.38. The number of para-hydroxylation sites is 3. The molecule has 3 aromatic rings. The van der Waals surface area contributed by atoms with Crippen molar-refractivity contribution in [2.24, 2.45) is 0 Å². The number of methoxy groups -OCH3 is 1. The molecule has 130 valence electrons. The first-order valence-corrected chi connectivity index (χ1v) is 8.15. The summed E-state index contributed by atoms with van der Waals surface area (Å²) in [5, 5.41) is 2.83. The van der Waals surface area contributed by atoms with Gasteiger partial charge in [-0.15, -0.1) is 0 Å². The summed E-state index contributed by atoms with van der Waals surface area (Å²) in [4.78, 5) is 16.8. The first-order chi connectivity index (χ1) is 12.3. The molecule has 0 saturated carbocycles. The molecule has 1 N–H and O–H groups in total. The highest BCUT2D eigenvalue weighted by molar-refractivity contribution is 5.81. The number of hydrogen-bond donors (Lipinski definition) is 1. The SMILES string of the molecule is COCCNC(=O)Cn1c(COc2ccccc2)nc2ccccc21. The maximum absolute atomic E-state index is 12.2. The molecule has 6 nitrogen and oxygen atoms in total. The molecule has 6 heteroatoms. The fourth-order valence-corrected chi connectivity index (χ4v) is 2.57. The van der Waals surface area contributed by atoms with E-state index >= 15 is 0 Å². The number of fused-ring (bicyclic) bond motifs is 1. The Kier molecular flexibility index (Phi) is 5.64. The lowest BCUT2D eigenvalue weighted by Gasteiger charge is -2.11. The van der Waals surface area contributed by atoms with Crippen molar-refractivity contribution >= 4 is 16.9 Å². The number of hydrogen-bond acceptors (Lipinski definition) is 4. The van der Waals surface area contributed by atoms with Crippen LogP contribution in [0.5, 0.6) is 5.75 Å². The molecular weight excluding hydrogens is 318 g/mol. The Morgan fingerprint density at radius 1 is 1.12 bits per heavy atom. The highest BCUT2D eigenvalue weighted by Crippen LogP contribution is 2.18. The van der Waals surface area contributed by atoms with Gasteiger partial charge >= 0.3 is 0 Å². The number of nitrogens with zero attached hydrogens (tertiary/aromatic N) is 2. The van der Waals surface area contributed by atoms with E-state index in [-0.39, 0.29) is 12.5 Å². The zero-order chi connectivity index (χ0) is 17.5. The first kappa shape index (κ1) is 17.0. The topological polar surface area (TPSA) is 65.4 Å². The van der Waals surface area contributed by atoms with Crippen LogP contribution < -0.4 is 10.1 Å². The van der Waals surface area contributed by atoms with Crippen LogP contribution >= 0.6 is 0 Å². The summed E-state index contributed by atoms with van der Waals surface area (Å²) < 4.78 is 12.7. The van der Waals surface area contributed by atoms with Gasteiger partial charge in [0, 0.05) is 13.7 Å². The molecule has 0 bridgehead atoms. The van der Waals surface area contributed by atoms with E-state index in [0.29, 0.717) is 25.6 Å². The van der Waals surface area contributed by atoms with Crippen molar-refractivity contribution in [1.29, 1.82) is 0 Å². The molecule has 0 aliphatic carbocycles. The number of ether oxygens (including phenoxy) is 2. The Morgan fingerprint density at radius 2 is 1.88 bits per heavy atom. The summed E-state index contributed by atoms with van der Waals surface area (Å²) in [6, 6.07) is 17.3. The lowest BCUT2D eigenvalue weighted by molar-refractivity contribution is -0.121. The van der Waals surface area contributed by atoms with E-state index in [9.17, 15) is 4.79 Å². The molecule has 25 heavy (non-hydrogen) atoms. The van der Waals surface area contributed by atoms with Gasteiger partial charge in [0.25, 0.3) is 0 Å². The van der Waals surface area contributed by atoms with Crippen LogP contribution in [0.15, 0.2) is 54.6 Å². The van der Waals surface area contributed by atoms with Gasteiger partial charge in [-0.3, -0.25) is 4.79 Å². The summed E-state index contributed by atoms with van der Waals surface area (Å²) in [5.41, 5.74) is 1.76. The summed E-state index contributed by atoms with van der Waals surface area (Å²) in [6.07, 6.45) is 0. The van der Waals surface area contributed by atoms with Crippen molar-refractivity contribution in [3.8, 4) is 5.75 Å². The van der Waals surface area contributed by atoms with Crippen molar-refractivity contribution in [2.45, 2.75) is 13.2 Å². The molecule has 0 fully saturated rings. The Bertz CT molecular complexity index is 830. The summed E-state index contributed by atoms with van der Waals surface area (Å²) in [6.45, 7) is 1.46. The second-order valence-corrected chi connectivity index (χ2v) is 5.55. The van der Waals surface area contributed by atoms with E-state index in [4.69, 9.17) is 9.47 Å². The van der Waals surface area contributed by atoms with Gasteiger partial charge in [-0.1, -0.05) is 30.3 Å². The maximum atomic E-state index is 12.2. The van der Waals surface area contributed by atoms with Crippen LogP contribution in [0.4, 0.5) is 0 Å². The molecule has 3 rings (SSSR count). The number of amides is 1. The molecular formula is C19H21N3O3. The Labute approximate surface area is 146 Å². The number of benzene rings is 2. The van der Waals surface area contributed by atoms with Gasteiger partial charge in [0.15, 0.2) is 0 Å². The van der Waals surface area contributed by atoms with E-state index in [1.54, 1.807) is 7.11 Å². The Balaban J connectivity index is 1.78. The van der Waals surface area contributed by atoms with Crippen LogP contribution in [-0.2, 0) is 22.7 Å². The van der Waals surface area contributed by atoms with Crippen molar-refractivity contribution in [2.75, 3.05) is 20.3 Å². The number of aromatic nitrogens is 2. The van der Waals surface area contributed by atoms with Crippen molar-refractivity contribution in [3.63, 3.8) is 0 Å². The third-order valence-electron chi connectivity index (χ3n) is 3.77. The molecule has 1 aromatic heterocycles. The van der Waals surface area contributed by atoms with Crippen LogP contribution in [0.3, 0.4) is 0 Å². The van der Waals surface area contributed by atoms with Gasteiger partial charge in [0.2, 0.25) is 5.91 Å². The highest BCUT2D eigenvalue weighted by atomic mass is 16.5. The fourth-order valence-electron chi connectivity index (χ4n) is 2.57. The van der Waals surface area contributed by atoms with E-state index < -0.39 is 0 Å². The molecule has 2 aromatic carbocycles. The van der Waals surface area contributed by atoms with Crippen LogP contribution in [0.1, 0.15) is 5.82 Å². The van der Waals surface area contributed by atoms with E-state index in [1.165, 1.54) is 0 Å². The predicted molar refractivity (Wildman–Crippen MR) is 95.4 cm³/mol. The number of imidazole rings is 1. The number of carbonyl (C=O) groups excluding carboxylic acids is 1. The minimum absolute atomic E-state index is 0.0823. The van der Waals surface area contributed by atoms with E-state index in [1.807, 2.05) is 59.2 Å². The van der Waals surface area contributed by atoms with E-state index in [0.717, 1.165) is 16.8 Å². The molecule has 0 aliphatic heterocycles.